The molecule has 7 nitrogen and oxygen atoms in total. The van der Waals surface area contributed by atoms with Crippen LogP contribution in [0.5, 0.6) is 0 Å². The van der Waals surface area contributed by atoms with E-state index in [2.05, 4.69) is 14.4 Å². The molecule has 0 aliphatic rings. The van der Waals surface area contributed by atoms with Gasteiger partial charge in [-0.25, -0.2) is 9.71 Å². The fourth-order valence-electron chi connectivity index (χ4n) is 1.14. The molecule has 0 amide bonds. The fourth-order valence-corrected chi connectivity index (χ4v) is 2.94. The van der Waals surface area contributed by atoms with Crippen molar-refractivity contribution in [3.63, 3.8) is 0 Å². The Kier molecular flexibility index (Phi) is 5.51. The molecule has 102 valence electrons. The SMILES string of the molecule is CCNS(=O)(=O)Nc1nc(CC(=O)OCC)cs1. The quantitative estimate of drug-likeness (QED) is 0.714. The first-order valence-corrected chi connectivity index (χ1v) is 7.70. The average Bonchev–Trinajstić information content (AvgIpc) is 2.64. The summed E-state index contributed by atoms with van der Waals surface area (Å²) in [6, 6.07) is 0. The van der Waals surface area contributed by atoms with E-state index < -0.39 is 10.2 Å². The summed E-state index contributed by atoms with van der Waals surface area (Å²) in [6.45, 7) is 3.99. The Bertz CT molecular complexity index is 498. The number of aromatic nitrogens is 1. The first kappa shape index (κ1) is 14.9. The number of carbonyl (C=O) groups excluding carboxylic acids is 1. The highest BCUT2D eigenvalue weighted by Gasteiger charge is 2.13. The molecule has 1 rings (SSSR count). The van der Waals surface area contributed by atoms with Gasteiger partial charge in [0.05, 0.1) is 18.7 Å². The second kappa shape index (κ2) is 6.66. The second-order valence-electron chi connectivity index (χ2n) is 3.23. The molecule has 0 fully saturated rings. The van der Waals surface area contributed by atoms with Crippen LogP contribution < -0.4 is 9.44 Å². The van der Waals surface area contributed by atoms with Crippen LogP contribution in [0.1, 0.15) is 19.5 Å². The Labute approximate surface area is 110 Å². The summed E-state index contributed by atoms with van der Waals surface area (Å²) in [5, 5.41) is 1.83. The molecule has 1 heterocycles. The smallest absolute Gasteiger partial charge is 0.311 e. The molecule has 9 heteroatoms. The largest absolute Gasteiger partial charge is 0.466 e. The van der Waals surface area contributed by atoms with Crippen molar-refractivity contribution in [1.29, 1.82) is 0 Å². The maximum Gasteiger partial charge on any atom is 0.311 e. The zero-order valence-electron chi connectivity index (χ0n) is 10.1. The van der Waals surface area contributed by atoms with Gasteiger partial charge in [-0.05, 0) is 6.92 Å². The number of carbonyl (C=O) groups is 1. The van der Waals surface area contributed by atoms with E-state index in [4.69, 9.17) is 4.74 Å². The molecule has 0 aliphatic heterocycles. The van der Waals surface area contributed by atoms with E-state index in [0.29, 0.717) is 12.3 Å². The number of hydrogen-bond acceptors (Lipinski definition) is 6. The van der Waals surface area contributed by atoms with E-state index in [1.807, 2.05) is 0 Å². The number of rotatable bonds is 7. The maximum atomic E-state index is 11.4. The summed E-state index contributed by atoms with van der Waals surface area (Å²) in [6.07, 6.45) is 0.0350. The summed E-state index contributed by atoms with van der Waals surface area (Å²) in [5.74, 6) is -0.385. The highest BCUT2D eigenvalue weighted by molar-refractivity contribution is 7.91. The predicted octanol–water partition coefficient (Wildman–Crippen LogP) is 0.515. The van der Waals surface area contributed by atoms with Crippen molar-refractivity contribution < 1.29 is 17.9 Å². The molecule has 2 N–H and O–H groups in total. The lowest BCUT2D eigenvalue weighted by Gasteiger charge is -2.03. The van der Waals surface area contributed by atoms with Crippen LogP contribution in [-0.2, 0) is 26.2 Å². The van der Waals surface area contributed by atoms with Crippen molar-refractivity contribution in [2.24, 2.45) is 0 Å². The van der Waals surface area contributed by atoms with Gasteiger partial charge in [0.1, 0.15) is 0 Å². The number of thiazole rings is 1. The fraction of sp³-hybridized carbons (Fsp3) is 0.556. The Hall–Kier alpha value is -1.19. The molecule has 1 aromatic heterocycles. The van der Waals surface area contributed by atoms with Crippen molar-refractivity contribution in [3.8, 4) is 0 Å². The van der Waals surface area contributed by atoms with Gasteiger partial charge in [-0.2, -0.15) is 13.1 Å². The van der Waals surface area contributed by atoms with E-state index in [-0.39, 0.29) is 24.1 Å². The van der Waals surface area contributed by atoms with Crippen LogP contribution in [0.15, 0.2) is 5.38 Å². The van der Waals surface area contributed by atoms with Gasteiger partial charge in [0, 0.05) is 11.9 Å². The van der Waals surface area contributed by atoms with Crippen molar-refractivity contribution in [2.45, 2.75) is 20.3 Å². The van der Waals surface area contributed by atoms with Crippen LogP contribution in [0.25, 0.3) is 0 Å². The minimum atomic E-state index is -3.58. The van der Waals surface area contributed by atoms with Crippen LogP contribution >= 0.6 is 11.3 Å². The third kappa shape index (κ3) is 4.98. The number of nitrogens with one attached hydrogen (secondary N) is 2. The lowest BCUT2D eigenvalue weighted by atomic mass is 10.3. The normalized spacial score (nSPS) is 11.2. The Morgan fingerprint density at radius 2 is 2.22 bits per heavy atom. The lowest BCUT2D eigenvalue weighted by Crippen LogP contribution is -2.29. The summed E-state index contributed by atoms with van der Waals surface area (Å²) < 4.78 is 32.1. The first-order chi connectivity index (χ1) is 8.46. The molecule has 0 unspecified atom stereocenters. The monoisotopic (exact) mass is 293 g/mol. The van der Waals surface area contributed by atoms with E-state index in [0.717, 1.165) is 11.3 Å². The number of hydrogen-bond donors (Lipinski definition) is 2. The summed E-state index contributed by atoms with van der Waals surface area (Å²) >= 11 is 1.11. The molecule has 0 aliphatic carbocycles. The van der Waals surface area contributed by atoms with Gasteiger partial charge in [0.2, 0.25) is 0 Å². The molecule has 0 aromatic carbocycles. The van der Waals surface area contributed by atoms with E-state index in [9.17, 15) is 13.2 Å². The van der Waals surface area contributed by atoms with Gasteiger partial charge < -0.3 is 4.74 Å². The minimum Gasteiger partial charge on any atom is -0.466 e. The molecule has 0 atom stereocenters. The van der Waals surface area contributed by atoms with Crippen LogP contribution in [0, 0.1) is 0 Å². The number of nitrogens with zero attached hydrogens (tertiary/aromatic N) is 1. The van der Waals surface area contributed by atoms with E-state index >= 15 is 0 Å². The van der Waals surface area contributed by atoms with E-state index in [1.165, 1.54) is 0 Å². The van der Waals surface area contributed by atoms with Crippen LogP contribution in [-0.4, -0.2) is 32.5 Å². The summed E-state index contributed by atoms with van der Waals surface area (Å²) in [5.41, 5.74) is 0.479. The van der Waals surface area contributed by atoms with Crippen molar-refractivity contribution in [1.82, 2.24) is 9.71 Å². The minimum absolute atomic E-state index is 0.0350. The van der Waals surface area contributed by atoms with Crippen LogP contribution in [0.3, 0.4) is 0 Å². The highest BCUT2D eigenvalue weighted by atomic mass is 32.2. The van der Waals surface area contributed by atoms with Gasteiger partial charge in [0.25, 0.3) is 0 Å². The Morgan fingerprint density at radius 1 is 1.50 bits per heavy atom. The molecule has 0 radical (unpaired) electrons. The average molecular weight is 293 g/mol. The Balaban J connectivity index is 2.61. The molecule has 0 bridgehead atoms. The molecular weight excluding hydrogens is 278 g/mol. The number of esters is 1. The zero-order chi connectivity index (χ0) is 13.6. The molecule has 1 aromatic rings. The second-order valence-corrected chi connectivity index (χ2v) is 5.59. The van der Waals surface area contributed by atoms with Gasteiger partial charge in [0.15, 0.2) is 5.13 Å². The zero-order valence-corrected chi connectivity index (χ0v) is 11.7. The highest BCUT2D eigenvalue weighted by Crippen LogP contribution is 2.16. The first-order valence-electron chi connectivity index (χ1n) is 5.34. The number of anilines is 1. The van der Waals surface area contributed by atoms with Crippen LogP contribution in [0.4, 0.5) is 5.13 Å². The van der Waals surface area contributed by atoms with Gasteiger partial charge >= 0.3 is 16.2 Å². The topological polar surface area (TPSA) is 97.4 Å². The van der Waals surface area contributed by atoms with Gasteiger partial charge in [-0.1, -0.05) is 6.92 Å². The predicted molar refractivity (Wildman–Crippen MR) is 68.7 cm³/mol. The lowest BCUT2D eigenvalue weighted by molar-refractivity contribution is -0.142. The standard InChI is InChI=1S/C9H15N3O4S2/c1-3-10-18(14,15)12-9-11-7(6-17-9)5-8(13)16-4-2/h6,10H,3-5H2,1-2H3,(H,11,12). The maximum absolute atomic E-state index is 11.4. The summed E-state index contributed by atoms with van der Waals surface area (Å²) in [4.78, 5) is 15.2. The van der Waals surface area contributed by atoms with Gasteiger partial charge in [-0.3, -0.25) is 4.79 Å². The molecule has 18 heavy (non-hydrogen) atoms. The molecular formula is C9H15N3O4S2. The van der Waals surface area contributed by atoms with E-state index in [1.54, 1.807) is 19.2 Å². The Morgan fingerprint density at radius 3 is 2.83 bits per heavy atom. The van der Waals surface area contributed by atoms with Gasteiger partial charge in [-0.15, -0.1) is 11.3 Å². The van der Waals surface area contributed by atoms with Crippen LogP contribution in [0.2, 0.25) is 0 Å². The summed E-state index contributed by atoms with van der Waals surface area (Å²) in [7, 11) is -3.58. The van der Waals surface area contributed by atoms with Crippen molar-refractivity contribution in [2.75, 3.05) is 17.9 Å². The van der Waals surface area contributed by atoms with Crippen molar-refractivity contribution in [3.05, 3.63) is 11.1 Å². The molecule has 0 saturated heterocycles. The third-order valence-corrected chi connectivity index (χ3v) is 3.81. The third-order valence-electron chi connectivity index (χ3n) is 1.74. The molecule has 0 saturated carbocycles. The number of ether oxygens (including phenoxy) is 1. The molecule has 0 spiro atoms. The van der Waals surface area contributed by atoms with Crippen molar-refractivity contribution >= 4 is 32.6 Å².